The third-order valence-electron chi connectivity index (χ3n) is 3.15. The zero-order valence-electron chi connectivity index (χ0n) is 12.4. The second-order valence-electron chi connectivity index (χ2n) is 4.96. The number of alkyl halides is 3. The van der Waals surface area contributed by atoms with E-state index in [9.17, 15) is 13.2 Å². The highest BCUT2D eigenvalue weighted by Gasteiger charge is 2.30. The van der Waals surface area contributed by atoms with Crippen LogP contribution < -0.4 is 10.6 Å². The number of nitrogens with one attached hydrogen (secondary N) is 2. The van der Waals surface area contributed by atoms with E-state index in [0.717, 1.165) is 17.8 Å². The molecule has 0 aliphatic rings. The molecule has 0 atom stereocenters. The number of halogens is 3. The van der Waals surface area contributed by atoms with Gasteiger partial charge in [0.1, 0.15) is 5.82 Å². The minimum absolute atomic E-state index is 0.300. The third kappa shape index (κ3) is 4.01. The standard InChI is InChI=1S/C17H13F3N4/c18-17(19,20)12-5-4-8-14(11-12)22-15-9-10-21-16(24-15)23-13-6-2-1-3-7-13/h1-11H,(H2,21,22,23,24). The molecule has 0 bridgehead atoms. The molecule has 0 saturated carbocycles. The van der Waals surface area contributed by atoms with Crippen molar-refractivity contribution >= 4 is 23.1 Å². The Balaban J connectivity index is 1.78. The van der Waals surface area contributed by atoms with Crippen molar-refractivity contribution in [3.63, 3.8) is 0 Å². The van der Waals surface area contributed by atoms with Crippen molar-refractivity contribution < 1.29 is 13.2 Å². The van der Waals surface area contributed by atoms with E-state index in [1.165, 1.54) is 12.3 Å². The van der Waals surface area contributed by atoms with Gasteiger partial charge in [0.25, 0.3) is 0 Å². The molecule has 2 N–H and O–H groups in total. The predicted molar refractivity (Wildman–Crippen MR) is 86.5 cm³/mol. The summed E-state index contributed by atoms with van der Waals surface area (Å²) in [7, 11) is 0. The Morgan fingerprint density at radius 2 is 1.54 bits per heavy atom. The zero-order chi connectivity index (χ0) is 17.0. The summed E-state index contributed by atoms with van der Waals surface area (Å²) in [6, 6.07) is 15.9. The molecule has 122 valence electrons. The summed E-state index contributed by atoms with van der Waals surface area (Å²) in [5.41, 5.74) is 0.395. The number of anilines is 4. The highest BCUT2D eigenvalue weighted by atomic mass is 19.4. The lowest BCUT2D eigenvalue weighted by atomic mass is 10.2. The third-order valence-corrected chi connectivity index (χ3v) is 3.15. The smallest absolute Gasteiger partial charge is 0.340 e. The Labute approximate surface area is 136 Å². The average molecular weight is 330 g/mol. The molecule has 0 aliphatic carbocycles. The average Bonchev–Trinajstić information content (AvgIpc) is 2.56. The van der Waals surface area contributed by atoms with Gasteiger partial charge in [-0.05, 0) is 36.4 Å². The van der Waals surface area contributed by atoms with Crippen LogP contribution in [0.4, 0.5) is 36.3 Å². The second-order valence-corrected chi connectivity index (χ2v) is 4.96. The molecule has 3 aromatic rings. The van der Waals surface area contributed by atoms with Gasteiger partial charge in [0, 0.05) is 17.6 Å². The molecule has 1 aromatic heterocycles. The molecular weight excluding hydrogens is 317 g/mol. The van der Waals surface area contributed by atoms with Crippen LogP contribution in [0.15, 0.2) is 66.9 Å². The van der Waals surface area contributed by atoms with Gasteiger partial charge in [0.15, 0.2) is 0 Å². The molecule has 0 amide bonds. The van der Waals surface area contributed by atoms with Crippen LogP contribution in [0.2, 0.25) is 0 Å². The lowest BCUT2D eigenvalue weighted by molar-refractivity contribution is -0.137. The first kappa shape index (κ1) is 15.8. The predicted octanol–water partition coefficient (Wildman–Crippen LogP) is 4.98. The van der Waals surface area contributed by atoms with E-state index in [0.29, 0.717) is 17.5 Å². The minimum atomic E-state index is -4.39. The largest absolute Gasteiger partial charge is 0.416 e. The molecule has 2 aromatic carbocycles. The Morgan fingerprint density at radius 3 is 2.29 bits per heavy atom. The SMILES string of the molecule is FC(F)(F)c1cccc(Nc2ccnc(Nc3ccccc3)n2)c1. The van der Waals surface area contributed by atoms with Gasteiger partial charge in [-0.15, -0.1) is 0 Å². The maximum Gasteiger partial charge on any atom is 0.416 e. The molecule has 0 radical (unpaired) electrons. The zero-order valence-corrected chi connectivity index (χ0v) is 12.4. The molecule has 24 heavy (non-hydrogen) atoms. The van der Waals surface area contributed by atoms with Gasteiger partial charge < -0.3 is 10.6 Å². The molecule has 0 unspecified atom stereocenters. The van der Waals surface area contributed by atoms with Crippen LogP contribution in [0.25, 0.3) is 0 Å². The van der Waals surface area contributed by atoms with Crippen molar-refractivity contribution in [1.82, 2.24) is 9.97 Å². The molecule has 7 heteroatoms. The van der Waals surface area contributed by atoms with Crippen LogP contribution in [0.3, 0.4) is 0 Å². The van der Waals surface area contributed by atoms with E-state index in [4.69, 9.17) is 0 Å². The van der Waals surface area contributed by atoms with Crippen LogP contribution in [0.5, 0.6) is 0 Å². The topological polar surface area (TPSA) is 49.8 Å². The molecule has 0 saturated heterocycles. The van der Waals surface area contributed by atoms with Gasteiger partial charge in [-0.2, -0.15) is 18.2 Å². The normalized spacial score (nSPS) is 11.1. The molecule has 3 rings (SSSR count). The monoisotopic (exact) mass is 330 g/mol. The van der Waals surface area contributed by atoms with Crippen molar-refractivity contribution in [2.75, 3.05) is 10.6 Å². The Morgan fingerprint density at radius 1 is 0.792 bits per heavy atom. The van der Waals surface area contributed by atoms with E-state index in [1.807, 2.05) is 30.3 Å². The summed E-state index contributed by atoms with van der Waals surface area (Å²) < 4.78 is 38.2. The highest BCUT2D eigenvalue weighted by Crippen LogP contribution is 2.31. The van der Waals surface area contributed by atoms with Crippen LogP contribution in [-0.2, 0) is 6.18 Å². The summed E-state index contributed by atoms with van der Waals surface area (Å²) in [6.07, 6.45) is -2.86. The summed E-state index contributed by atoms with van der Waals surface area (Å²) >= 11 is 0. The summed E-state index contributed by atoms with van der Waals surface area (Å²) in [6.45, 7) is 0. The summed E-state index contributed by atoms with van der Waals surface area (Å²) in [5.74, 6) is 0.737. The van der Waals surface area contributed by atoms with E-state index in [-0.39, 0.29) is 0 Å². The molecule has 1 heterocycles. The first-order valence-electron chi connectivity index (χ1n) is 7.10. The van der Waals surface area contributed by atoms with Crippen LogP contribution in [-0.4, -0.2) is 9.97 Å². The summed E-state index contributed by atoms with van der Waals surface area (Å²) in [4.78, 5) is 8.33. The molecule has 4 nitrogen and oxygen atoms in total. The van der Waals surface area contributed by atoms with Crippen molar-refractivity contribution in [3.05, 3.63) is 72.4 Å². The van der Waals surface area contributed by atoms with E-state index < -0.39 is 11.7 Å². The van der Waals surface area contributed by atoms with E-state index >= 15 is 0 Å². The number of para-hydroxylation sites is 1. The Hall–Kier alpha value is -3.09. The van der Waals surface area contributed by atoms with Crippen molar-refractivity contribution in [2.24, 2.45) is 0 Å². The van der Waals surface area contributed by atoms with Gasteiger partial charge in [-0.1, -0.05) is 24.3 Å². The van der Waals surface area contributed by atoms with Crippen LogP contribution in [0.1, 0.15) is 5.56 Å². The van der Waals surface area contributed by atoms with E-state index in [1.54, 1.807) is 12.1 Å². The number of aromatic nitrogens is 2. The fraction of sp³-hybridized carbons (Fsp3) is 0.0588. The Bertz CT molecular complexity index is 819. The van der Waals surface area contributed by atoms with Gasteiger partial charge in [-0.3, -0.25) is 0 Å². The Kier molecular flexibility index (Phi) is 4.33. The van der Waals surface area contributed by atoms with Crippen LogP contribution in [0, 0.1) is 0 Å². The number of benzene rings is 2. The molecule has 0 fully saturated rings. The van der Waals surface area contributed by atoms with Crippen molar-refractivity contribution in [3.8, 4) is 0 Å². The number of hydrogen-bond acceptors (Lipinski definition) is 4. The van der Waals surface area contributed by atoms with Crippen LogP contribution >= 0.6 is 0 Å². The maximum atomic E-state index is 12.7. The minimum Gasteiger partial charge on any atom is -0.340 e. The first-order chi connectivity index (χ1) is 11.5. The molecule has 0 aliphatic heterocycles. The second kappa shape index (κ2) is 6.57. The van der Waals surface area contributed by atoms with E-state index in [2.05, 4.69) is 20.6 Å². The van der Waals surface area contributed by atoms with Gasteiger partial charge >= 0.3 is 6.18 Å². The fourth-order valence-electron chi connectivity index (χ4n) is 2.06. The fourth-order valence-corrected chi connectivity index (χ4v) is 2.06. The molecular formula is C17H13F3N4. The van der Waals surface area contributed by atoms with Crippen molar-refractivity contribution in [2.45, 2.75) is 6.18 Å². The first-order valence-corrected chi connectivity index (χ1v) is 7.10. The van der Waals surface area contributed by atoms with Gasteiger partial charge in [-0.25, -0.2) is 4.98 Å². The summed E-state index contributed by atoms with van der Waals surface area (Å²) in [5, 5.41) is 5.87. The number of rotatable bonds is 4. The van der Waals surface area contributed by atoms with Gasteiger partial charge in [0.05, 0.1) is 5.56 Å². The lowest BCUT2D eigenvalue weighted by Crippen LogP contribution is -2.05. The molecule has 0 spiro atoms. The number of nitrogens with zero attached hydrogens (tertiary/aromatic N) is 2. The van der Waals surface area contributed by atoms with Crippen molar-refractivity contribution in [1.29, 1.82) is 0 Å². The highest BCUT2D eigenvalue weighted by molar-refractivity contribution is 5.60. The quantitative estimate of drug-likeness (QED) is 0.708. The lowest BCUT2D eigenvalue weighted by Gasteiger charge is -2.11. The maximum absolute atomic E-state index is 12.7. The number of hydrogen-bond donors (Lipinski definition) is 2. The van der Waals surface area contributed by atoms with Gasteiger partial charge in [0.2, 0.25) is 5.95 Å².